The fourth-order valence-corrected chi connectivity index (χ4v) is 4.23. The number of amides is 1. The molecule has 3 aliphatic heterocycles. The van der Waals surface area contributed by atoms with Crippen molar-refractivity contribution in [1.82, 2.24) is 4.90 Å². The number of rotatable bonds is 3. The van der Waals surface area contributed by atoms with E-state index in [9.17, 15) is 4.79 Å². The van der Waals surface area contributed by atoms with Crippen LogP contribution in [-0.4, -0.2) is 56.9 Å². The Kier molecular flexibility index (Phi) is 4.47. The Bertz CT molecular complexity index is 854. The Hall–Kier alpha value is -2.89. The van der Waals surface area contributed by atoms with E-state index in [2.05, 4.69) is 34.1 Å². The molecule has 3 heterocycles. The maximum atomic E-state index is 12.8. The van der Waals surface area contributed by atoms with Crippen molar-refractivity contribution in [2.45, 2.75) is 12.8 Å². The summed E-state index contributed by atoms with van der Waals surface area (Å²) in [5, 5.41) is 0. The van der Waals surface area contributed by atoms with Gasteiger partial charge in [-0.2, -0.15) is 0 Å². The summed E-state index contributed by atoms with van der Waals surface area (Å²) in [6.07, 6.45) is 2.59. The molecule has 6 nitrogen and oxygen atoms in total. The zero-order valence-corrected chi connectivity index (χ0v) is 16.0. The van der Waals surface area contributed by atoms with E-state index in [1.807, 2.05) is 17.0 Å². The van der Waals surface area contributed by atoms with Gasteiger partial charge in [0.2, 0.25) is 6.79 Å². The van der Waals surface area contributed by atoms with E-state index in [0.29, 0.717) is 17.1 Å². The summed E-state index contributed by atoms with van der Waals surface area (Å²) in [7, 11) is 0. The first kappa shape index (κ1) is 17.2. The number of hydrogen-bond acceptors (Lipinski definition) is 5. The topological polar surface area (TPSA) is 45.3 Å². The molecule has 1 amide bonds. The summed E-state index contributed by atoms with van der Waals surface area (Å²) in [5.74, 6) is 1.42. The standard InChI is InChI=1S/C22H25N3O3/c26-22(17-3-8-20-21(15-17)28-16-27-20)25-13-11-24(12-14-25)19-6-4-18(5-7-19)23-9-1-2-10-23/h3-8,15H,1-2,9-14,16H2. The molecule has 146 valence electrons. The Morgan fingerprint density at radius 3 is 2.00 bits per heavy atom. The number of carbonyl (C=O) groups excluding carboxylic acids is 1. The first-order valence-corrected chi connectivity index (χ1v) is 10.1. The zero-order chi connectivity index (χ0) is 18.9. The van der Waals surface area contributed by atoms with Crippen molar-refractivity contribution < 1.29 is 14.3 Å². The second kappa shape index (κ2) is 7.26. The number of carbonyl (C=O) groups is 1. The Morgan fingerprint density at radius 2 is 1.32 bits per heavy atom. The molecule has 2 saturated heterocycles. The molecule has 0 bridgehead atoms. The Morgan fingerprint density at radius 1 is 0.714 bits per heavy atom. The van der Waals surface area contributed by atoms with Gasteiger partial charge in [0, 0.05) is 56.2 Å². The van der Waals surface area contributed by atoms with Gasteiger partial charge in [0.15, 0.2) is 11.5 Å². The summed E-state index contributed by atoms with van der Waals surface area (Å²) >= 11 is 0. The van der Waals surface area contributed by atoms with Crippen LogP contribution in [0.15, 0.2) is 42.5 Å². The molecule has 2 aromatic rings. The molecule has 0 radical (unpaired) electrons. The van der Waals surface area contributed by atoms with Crippen LogP contribution in [-0.2, 0) is 0 Å². The van der Waals surface area contributed by atoms with Crippen LogP contribution in [0.25, 0.3) is 0 Å². The third-order valence-electron chi connectivity index (χ3n) is 5.87. The summed E-state index contributed by atoms with van der Waals surface area (Å²) < 4.78 is 10.7. The minimum Gasteiger partial charge on any atom is -0.454 e. The van der Waals surface area contributed by atoms with Crippen molar-refractivity contribution in [3.63, 3.8) is 0 Å². The van der Waals surface area contributed by atoms with Crippen LogP contribution in [0.3, 0.4) is 0 Å². The van der Waals surface area contributed by atoms with Crippen LogP contribution >= 0.6 is 0 Å². The highest BCUT2D eigenvalue weighted by Gasteiger charge is 2.24. The Balaban J connectivity index is 1.20. The molecule has 0 aromatic heterocycles. The molecule has 3 aliphatic rings. The molecule has 28 heavy (non-hydrogen) atoms. The normalized spacial score (nSPS) is 18.6. The molecular formula is C22H25N3O3. The maximum Gasteiger partial charge on any atom is 0.254 e. The van der Waals surface area contributed by atoms with Gasteiger partial charge < -0.3 is 24.2 Å². The minimum absolute atomic E-state index is 0.0577. The predicted molar refractivity (Wildman–Crippen MR) is 109 cm³/mol. The molecule has 0 unspecified atom stereocenters. The fraction of sp³-hybridized carbons (Fsp3) is 0.409. The van der Waals surface area contributed by atoms with E-state index >= 15 is 0 Å². The predicted octanol–water partition coefficient (Wildman–Crippen LogP) is 2.98. The number of ether oxygens (including phenoxy) is 2. The maximum absolute atomic E-state index is 12.8. The minimum atomic E-state index is 0.0577. The SMILES string of the molecule is O=C(c1ccc2c(c1)OCO2)N1CCN(c2ccc(N3CCCC3)cc2)CC1. The van der Waals surface area contributed by atoms with Crippen molar-refractivity contribution in [3.05, 3.63) is 48.0 Å². The van der Waals surface area contributed by atoms with Gasteiger partial charge in [-0.1, -0.05) is 0 Å². The second-order valence-corrected chi connectivity index (χ2v) is 7.56. The van der Waals surface area contributed by atoms with Crippen molar-refractivity contribution in [2.75, 3.05) is 55.9 Å². The lowest BCUT2D eigenvalue weighted by Crippen LogP contribution is -2.48. The van der Waals surface area contributed by atoms with Crippen LogP contribution < -0.4 is 19.3 Å². The lowest BCUT2D eigenvalue weighted by atomic mass is 10.1. The molecule has 5 rings (SSSR count). The number of piperazine rings is 1. The third kappa shape index (κ3) is 3.23. The van der Waals surface area contributed by atoms with Crippen molar-refractivity contribution in [1.29, 1.82) is 0 Å². The van der Waals surface area contributed by atoms with Gasteiger partial charge in [-0.05, 0) is 55.3 Å². The summed E-state index contributed by atoms with van der Waals surface area (Å²) in [6.45, 7) is 5.70. The smallest absolute Gasteiger partial charge is 0.254 e. The molecule has 0 N–H and O–H groups in total. The highest BCUT2D eigenvalue weighted by atomic mass is 16.7. The van der Waals surface area contributed by atoms with Gasteiger partial charge in [-0.25, -0.2) is 0 Å². The van der Waals surface area contributed by atoms with Crippen LogP contribution in [0.2, 0.25) is 0 Å². The first-order chi connectivity index (χ1) is 13.8. The molecule has 2 aromatic carbocycles. The number of benzene rings is 2. The lowest BCUT2D eigenvalue weighted by molar-refractivity contribution is 0.0746. The van der Waals surface area contributed by atoms with E-state index in [-0.39, 0.29) is 12.7 Å². The van der Waals surface area contributed by atoms with Crippen LogP contribution in [0.4, 0.5) is 11.4 Å². The highest BCUT2D eigenvalue weighted by molar-refractivity contribution is 5.95. The van der Waals surface area contributed by atoms with E-state index in [1.165, 1.54) is 37.3 Å². The van der Waals surface area contributed by atoms with Gasteiger partial charge in [-0.3, -0.25) is 4.79 Å². The lowest BCUT2D eigenvalue weighted by Gasteiger charge is -2.36. The van der Waals surface area contributed by atoms with Gasteiger partial charge in [0.1, 0.15) is 0 Å². The van der Waals surface area contributed by atoms with E-state index in [0.717, 1.165) is 26.2 Å². The van der Waals surface area contributed by atoms with E-state index < -0.39 is 0 Å². The van der Waals surface area contributed by atoms with Crippen molar-refractivity contribution in [2.24, 2.45) is 0 Å². The molecule has 0 atom stereocenters. The highest BCUT2D eigenvalue weighted by Crippen LogP contribution is 2.33. The average molecular weight is 379 g/mol. The third-order valence-corrected chi connectivity index (χ3v) is 5.87. The fourth-order valence-electron chi connectivity index (χ4n) is 4.23. The molecular weight excluding hydrogens is 354 g/mol. The number of hydrogen-bond donors (Lipinski definition) is 0. The molecule has 0 spiro atoms. The Labute approximate surface area is 165 Å². The average Bonchev–Trinajstić information content (AvgIpc) is 3.45. The van der Waals surface area contributed by atoms with Gasteiger partial charge in [0.05, 0.1) is 0 Å². The molecule has 0 aliphatic carbocycles. The summed E-state index contributed by atoms with van der Waals surface area (Å²) in [5.41, 5.74) is 3.21. The number of fused-ring (bicyclic) bond motifs is 1. The summed E-state index contributed by atoms with van der Waals surface area (Å²) in [4.78, 5) is 19.6. The first-order valence-electron chi connectivity index (χ1n) is 10.1. The van der Waals surface area contributed by atoms with Crippen molar-refractivity contribution in [3.8, 4) is 11.5 Å². The quantitative estimate of drug-likeness (QED) is 0.820. The largest absolute Gasteiger partial charge is 0.454 e. The molecule has 2 fully saturated rings. The van der Waals surface area contributed by atoms with Crippen molar-refractivity contribution >= 4 is 17.3 Å². The van der Waals surface area contributed by atoms with Crippen LogP contribution in [0.5, 0.6) is 11.5 Å². The van der Waals surface area contributed by atoms with Gasteiger partial charge in [0.25, 0.3) is 5.91 Å². The molecule has 6 heteroatoms. The van der Waals surface area contributed by atoms with E-state index in [1.54, 1.807) is 6.07 Å². The summed E-state index contributed by atoms with van der Waals surface area (Å²) in [6, 6.07) is 14.3. The monoisotopic (exact) mass is 379 g/mol. The number of anilines is 2. The number of nitrogens with zero attached hydrogens (tertiary/aromatic N) is 3. The molecule has 0 saturated carbocycles. The van der Waals surface area contributed by atoms with E-state index in [4.69, 9.17) is 9.47 Å². The van der Waals surface area contributed by atoms with Gasteiger partial charge >= 0.3 is 0 Å². The van der Waals surface area contributed by atoms with Crippen LogP contribution in [0, 0.1) is 0 Å². The van der Waals surface area contributed by atoms with Gasteiger partial charge in [-0.15, -0.1) is 0 Å². The van der Waals surface area contributed by atoms with Crippen LogP contribution in [0.1, 0.15) is 23.2 Å². The zero-order valence-electron chi connectivity index (χ0n) is 16.0. The second-order valence-electron chi connectivity index (χ2n) is 7.56.